The first-order valence-corrected chi connectivity index (χ1v) is 6.21. The van der Waals surface area contributed by atoms with Crippen LogP contribution >= 0.6 is 23.2 Å². The van der Waals surface area contributed by atoms with E-state index in [-0.39, 0.29) is 0 Å². The molecule has 5 nitrogen and oxygen atoms in total. The highest BCUT2D eigenvalue weighted by Crippen LogP contribution is 2.41. The first kappa shape index (κ1) is 12.1. The fourth-order valence-electron chi connectivity index (χ4n) is 1.94. The molecule has 0 aliphatic heterocycles. The number of aromatic amines is 2. The van der Waals surface area contributed by atoms with E-state index >= 15 is 0 Å². The van der Waals surface area contributed by atoms with Gasteiger partial charge < -0.3 is 5.73 Å². The van der Waals surface area contributed by atoms with Crippen LogP contribution in [0.15, 0.2) is 30.6 Å². The molecule has 3 aromatic rings. The lowest BCUT2D eigenvalue weighted by Crippen LogP contribution is -1.90. The minimum atomic E-state index is 0.339. The lowest BCUT2D eigenvalue weighted by molar-refractivity contribution is 1.09. The summed E-state index contributed by atoms with van der Waals surface area (Å²) >= 11 is 12.4. The first-order valence-electron chi connectivity index (χ1n) is 5.46. The predicted molar refractivity (Wildman–Crippen MR) is 76.0 cm³/mol. The van der Waals surface area contributed by atoms with Gasteiger partial charge in [0.25, 0.3) is 0 Å². The Labute approximate surface area is 118 Å². The van der Waals surface area contributed by atoms with E-state index in [1.165, 1.54) is 0 Å². The summed E-state index contributed by atoms with van der Waals surface area (Å²) < 4.78 is 0. The summed E-state index contributed by atoms with van der Waals surface area (Å²) in [5.74, 6) is 0.339. The zero-order valence-corrected chi connectivity index (χ0v) is 11.1. The van der Waals surface area contributed by atoms with Crippen LogP contribution in [0.4, 0.5) is 5.82 Å². The third-order valence-corrected chi connectivity index (χ3v) is 3.42. The Morgan fingerprint density at radius 3 is 2.47 bits per heavy atom. The Balaban J connectivity index is 2.29. The van der Waals surface area contributed by atoms with Crippen LogP contribution in [0.1, 0.15) is 0 Å². The monoisotopic (exact) mass is 293 g/mol. The quantitative estimate of drug-likeness (QED) is 0.677. The Kier molecular flexibility index (Phi) is 2.93. The van der Waals surface area contributed by atoms with Crippen LogP contribution in [-0.2, 0) is 0 Å². The maximum atomic E-state index is 6.22. The molecule has 0 spiro atoms. The second-order valence-corrected chi connectivity index (χ2v) is 4.76. The molecule has 0 aliphatic carbocycles. The van der Waals surface area contributed by atoms with Crippen molar-refractivity contribution in [1.29, 1.82) is 0 Å². The van der Waals surface area contributed by atoms with E-state index in [0.717, 1.165) is 11.3 Å². The zero-order valence-electron chi connectivity index (χ0n) is 9.61. The lowest BCUT2D eigenvalue weighted by atomic mass is 10.0. The molecule has 0 unspecified atom stereocenters. The van der Waals surface area contributed by atoms with Gasteiger partial charge in [0.05, 0.1) is 27.5 Å². The topological polar surface area (TPSA) is 83.4 Å². The van der Waals surface area contributed by atoms with E-state index in [9.17, 15) is 0 Å². The molecule has 0 atom stereocenters. The molecular weight excluding hydrogens is 285 g/mol. The van der Waals surface area contributed by atoms with Gasteiger partial charge in [-0.15, -0.1) is 0 Å². The Morgan fingerprint density at radius 2 is 1.84 bits per heavy atom. The fourth-order valence-corrected chi connectivity index (χ4v) is 2.53. The van der Waals surface area contributed by atoms with Crippen LogP contribution < -0.4 is 5.73 Å². The minimum Gasteiger partial charge on any atom is -0.382 e. The van der Waals surface area contributed by atoms with Crippen LogP contribution in [0.2, 0.25) is 10.0 Å². The van der Waals surface area contributed by atoms with Gasteiger partial charge in [-0.2, -0.15) is 10.2 Å². The van der Waals surface area contributed by atoms with Crippen LogP contribution in [0.5, 0.6) is 0 Å². The molecular formula is C12H9Cl2N5. The van der Waals surface area contributed by atoms with Crippen LogP contribution in [-0.4, -0.2) is 20.4 Å². The summed E-state index contributed by atoms with van der Waals surface area (Å²) in [6.45, 7) is 0. The number of nitrogens with two attached hydrogens (primary N) is 1. The molecule has 0 bridgehead atoms. The van der Waals surface area contributed by atoms with E-state index in [1.54, 1.807) is 30.6 Å². The molecule has 2 aromatic heterocycles. The van der Waals surface area contributed by atoms with Crippen molar-refractivity contribution in [1.82, 2.24) is 20.4 Å². The average molecular weight is 294 g/mol. The van der Waals surface area contributed by atoms with Gasteiger partial charge in [0.15, 0.2) is 5.82 Å². The van der Waals surface area contributed by atoms with Gasteiger partial charge in [-0.05, 0) is 12.1 Å². The highest BCUT2D eigenvalue weighted by atomic mass is 35.5. The number of rotatable bonds is 2. The van der Waals surface area contributed by atoms with Crippen molar-refractivity contribution in [3.63, 3.8) is 0 Å². The number of hydrogen-bond acceptors (Lipinski definition) is 3. The second-order valence-electron chi connectivity index (χ2n) is 3.94. The summed E-state index contributed by atoms with van der Waals surface area (Å²) in [7, 11) is 0. The Morgan fingerprint density at radius 1 is 1.11 bits per heavy atom. The number of nitrogens with zero attached hydrogens (tertiary/aromatic N) is 2. The van der Waals surface area contributed by atoms with E-state index < -0.39 is 0 Å². The number of nitrogen functional groups attached to an aromatic ring is 1. The molecule has 4 N–H and O–H groups in total. The van der Waals surface area contributed by atoms with Crippen LogP contribution in [0, 0.1) is 0 Å². The van der Waals surface area contributed by atoms with Crippen LogP contribution in [0.25, 0.3) is 22.4 Å². The molecule has 0 amide bonds. The number of hydrogen-bond donors (Lipinski definition) is 3. The molecule has 2 heterocycles. The average Bonchev–Trinajstić information content (AvgIpc) is 2.99. The van der Waals surface area contributed by atoms with Gasteiger partial charge >= 0.3 is 0 Å². The second kappa shape index (κ2) is 4.60. The normalized spacial score (nSPS) is 10.8. The van der Waals surface area contributed by atoms with E-state index in [0.29, 0.717) is 27.0 Å². The standard InChI is InChI=1S/C12H9Cl2N5/c13-7-2-1-3-8(14)9(7)10-11(18-19-12(10)15)6-4-16-17-5-6/h1-5H,(H,16,17)(H3,15,18,19). The molecule has 96 valence electrons. The maximum absolute atomic E-state index is 6.22. The highest BCUT2D eigenvalue weighted by Gasteiger charge is 2.20. The fraction of sp³-hybridized carbons (Fsp3) is 0. The Bertz CT molecular complexity index is 698. The third-order valence-electron chi connectivity index (χ3n) is 2.79. The largest absolute Gasteiger partial charge is 0.382 e. The van der Waals surface area contributed by atoms with Crippen molar-refractivity contribution >= 4 is 29.0 Å². The van der Waals surface area contributed by atoms with Gasteiger partial charge in [-0.1, -0.05) is 29.3 Å². The van der Waals surface area contributed by atoms with Crippen molar-refractivity contribution in [2.75, 3.05) is 5.73 Å². The first-order chi connectivity index (χ1) is 9.18. The van der Waals surface area contributed by atoms with Crippen molar-refractivity contribution in [2.45, 2.75) is 0 Å². The van der Waals surface area contributed by atoms with Crippen molar-refractivity contribution in [3.8, 4) is 22.4 Å². The van der Waals surface area contributed by atoms with Crippen molar-refractivity contribution < 1.29 is 0 Å². The number of halogens is 2. The van der Waals surface area contributed by atoms with Crippen molar-refractivity contribution in [2.24, 2.45) is 0 Å². The van der Waals surface area contributed by atoms with Gasteiger partial charge in [-0.3, -0.25) is 10.2 Å². The smallest absolute Gasteiger partial charge is 0.153 e. The molecule has 19 heavy (non-hydrogen) atoms. The number of H-pyrrole nitrogens is 2. The summed E-state index contributed by atoms with van der Waals surface area (Å²) in [6.07, 6.45) is 3.41. The van der Waals surface area contributed by atoms with Gasteiger partial charge in [0, 0.05) is 17.3 Å². The molecule has 0 saturated heterocycles. The Hall–Kier alpha value is -1.98. The summed E-state index contributed by atoms with van der Waals surface area (Å²) in [5, 5.41) is 14.6. The van der Waals surface area contributed by atoms with E-state index in [4.69, 9.17) is 28.9 Å². The molecule has 0 aliphatic rings. The van der Waals surface area contributed by atoms with Crippen LogP contribution in [0.3, 0.4) is 0 Å². The summed E-state index contributed by atoms with van der Waals surface area (Å²) in [5.41, 5.74) is 8.82. The van der Waals surface area contributed by atoms with E-state index in [1.807, 2.05) is 0 Å². The third kappa shape index (κ3) is 1.97. The molecule has 0 fully saturated rings. The highest BCUT2D eigenvalue weighted by molar-refractivity contribution is 6.39. The summed E-state index contributed by atoms with van der Waals surface area (Å²) in [4.78, 5) is 0. The van der Waals surface area contributed by atoms with Crippen molar-refractivity contribution in [3.05, 3.63) is 40.6 Å². The maximum Gasteiger partial charge on any atom is 0.153 e. The predicted octanol–water partition coefficient (Wildman–Crippen LogP) is 3.36. The molecule has 1 aromatic carbocycles. The number of nitrogens with one attached hydrogen (secondary N) is 2. The van der Waals surface area contributed by atoms with E-state index in [2.05, 4.69) is 20.4 Å². The lowest BCUT2D eigenvalue weighted by Gasteiger charge is -2.07. The van der Waals surface area contributed by atoms with Gasteiger partial charge in [-0.25, -0.2) is 0 Å². The number of anilines is 1. The number of benzene rings is 1. The number of aromatic nitrogens is 4. The molecule has 0 radical (unpaired) electrons. The summed E-state index contributed by atoms with van der Waals surface area (Å²) in [6, 6.07) is 5.30. The van der Waals surface area contributed by atoms with Gasteiger partial charge in [0.2, 0.25) is 0 Å². The van der Waals surface area contributed by atoms with Gasteiger partial charge in [0.1, 0.15) is 0 Å². The SMILES string of the molecule is Nc1n[nH]c(-c2cn[nH]c2)c1-c1c(Cl)cccc1Cl. The molecule has 3 rings (SSSR count). The zero-order chi connectivity index (χ0) is 13.4. The molecule has 0 saturated carbocycles. The minimum absolute atomic E-state index is 0.339. The molecule has 7 heteroatoms.